The van der Waals surface area contributed by atoms with Crippen molar-refractivity contribution < 1.29 is 9.18 Å². The van der Waals surface area contributed by atoms with Gasteiger partial charge in [-0.25, -0.2) is 4.39 Å². The number of hydrogen-bond donors (Lipinski definition) is 1. The molecule has 0 radical (unpaired) electrons. The van der Waals surface area contributed by atoms with Gasteiger partial charge in [0.15, 0.2) is 0 Å². The fourth-order valence-electron chi connectivity index (χ4n) is 2.80. The molecule has 2 N–H and O–H groups in total. The number of carbonyl (C=O) groups is 1. The minimum Gasteiger partial charge on any atom is -0.399 e. The van der Waals surface area contributed by atoms with Crippen molar-refractivity contribution in [1.82, 2.24) is 9.80 Å². The van der Waals surface area contributed by atoms with Crippen LogP contribution in [0, 0.1) is 5.82 Å². The van der Waals surface area contributed by atoms with Crippen LogP contribution in [0.5, 0.6) is 0 Å². The first-order chi connectivity index (χ1) is 9.34. The van der Waals surface area contributed by atoms with Crippen molar-refractivity contribution in [3.05, 3.63) is 29.6 Å². The van der Waals surface area contributed by atoms with Crippen molar-refractivity contribution >= 4 is 11.6 Å². The molecule has 4 nitrogen and oxygen atoms in total. The summed E-state index contributed by atoms with van der Waals surface area (Å²) in [7, 11) is 5.84. The van der Waals surface area contributed by atoms with E-state index in [1.807, 2.05) is 14.1 Å². The zero-order chi connectivity index (χ0) is 14.9. The van der Waals surface area contributed by atoms with Crippen LogP contribution in [-0.2, 0) is 0 Å². The van der Waals surface area contributed by atoms with E-state index in [9.17, 15) is 9.18 Å². The molecule has 20 heavy (non-hydrogen) atoms. The molecule has 1 amide bonds. The molecular formula is C15H22FN3O. The normalized spacial score (nSPS) is 16.9. The molecule has 0 aromatic heterocycles. The molecule has 1 aromatic carbocycles. The SMILES string of the molecule is CN(CC1(N(C)C)CCC1)C(=O)c1cc(N)cc(F)c1. The van der Waals surface area contributed by atoms with Crippen LogP contribution in [0.15, 0.2) is 18.2 Å². The van der Waals surface area contributed by atoms with Crippen LogP contribution in [0.2, 0.25) is 0 Å². The van der Waals surface area contributed by atoms with Crippen molar-refractivity contribution in [3.8, 4) is 0 Å². The van der Waals surface area contributed by atoms with E-state index in [-0.39, 0.29) is 17.1 Å². The number of nitrogens with zero attached hydrogens (tertiary/aromatic N) is 2. The van der Waals surface area contributed by atoms with Gasteiger partial charge in [0.25, 0.3) is 5.91 Å². The monoisotopic (exact) mass is 279 g/mol. The highest BCUT2D eigenvalue weighted by atomic mass is 19.1. The van der Waals surface area contributed by atoms with Crippen LogP contribution >= 0.6 is 0 Å². The van der Waals surface area contributed by atoms with E-state index < -0.39 is 5.82 Å². The molecule has 1 fully saturated rings. The molecule has 5 heteroatoms. The number of anilines is 1. The molecule has 0 bridgehead atoms. The lowest BCUT2D eigenvalue weighted by atomic mass is 9.75. The zero-order valence-electron chi connectivity index (χ0n) is 12.3. The lowest BCUT2D eigenvalue weighted by Crippen LogP contribution is -2.57. The maximum absolute atomic E-state index is 13.3. The molecule has 0 spiro atoms. The van der Waals surface area contributed by atoms with Crippen molar-refractivity contribution in [2.75, 3.05) is 33.4 Å². The molecule has 0 atom stereocenters. The van der Waals surface area contributed by atoms with Gasteiger partial charge >= 0.3 is 0 Å². The fraction of sp³-hybridized carbons (Fsp3) is 0.533. The summed E-state index contributed by atoms with van der Waals surface area (Å²) in [5.41, 5.74) is 6.22. The first-order valence-electron chi connectivity index (χ1n) is 6.83. The summed E-state index contributed by atoms with van der Waals surface area (Å²) in [6.45, 7) is 0.648. The van der Waals surface area contributed by atoms with E-state index in [0.717, 1.165) is 12.8 Å². The van der Waals surface area contributed by atoms with Gasteiger partial charge in [-0.3, -0.25) is 4.79 Å². The molecule has 0 heterocycles. The van der Waals surface area contributed by atoms with Gasteiger partial charge < -0.3 is 15.5 Å². The van der Waals surface area contributed by atoms with Gasteiger partial charge in [0.1, 0.15) is 5.82 Å². The van der Waals surface area contributed by atoms with Gasteiger partial charge in [0, 0.05) is 30.4 Å². The summed E-state index contributed by atoms with van der Waals surface area (Å²) in [6.07, 6.45) is 3.36. The number of halogens is 1. The second-order valence-electron chi connectivity index (χ2n) is 5.91. The standard InChI is InChI=1S/C15H22FN3O/c1-18(2)15(5-4-6-15)10-19(3)14(20)11-7-12(16)9-13(17)8-11/h7-9H,4-6,10,17H2,1-3H3. The molecule has 2 rings (SSSR count). The van der Waals surface area contributed by atoms with Crippen molar-refractivity contribution in [2.45, 2.75) is 24.8 Å². The van der Waals surface area contributed by atoms with E-state index in [0.29, 0.717) is 12.1 Å². The predicted molar refractivity (Wildman–Crippen MR) is 78.0 cm³/mol. The Morgan fingerprint density at radius 3 is 2.40 bits per heavy atom. The Kier molecular flexibility index (Phi) is 3.99. The van der Waals surface area contributed by atoms with Gasteiger partial charge in [-0.2, -0.15) is 0 Å². The Morgan fingerprint density at radius 1 is 1.30 bits per heavy atom. The van der Waals surface area contributed by atoms with E-state index >= 15 is 0 Å². The summed E-state index contributed by atoms with van der Waals surface area (Å²) < 4.78 is 13.3. The Labute approximate surface area is 119 Å². The molecule has 0 saturated heterocycles. The maximum Gasteiger partial charge on any atom is 0.253 e. The number of likely N-dealkylation sites (N-methyl/N-ethyl adjacent to an activating group) is 2. The molecule has 1 saturated carbocycles. The van der Waals surface area contributed by atoms with E-state index in [4.69, 9.17) is 5.73 Å². The highest BCUT2D eigenvalue weighted by Crippen LogP contribution is 2.36. The van der Waals surface area contributed by atoms with Crippen LogP contribution < -0.4 is 5.73 Å². The highest BCUT2D eigenvalue weighted by Gasteiger charge is 2.40. The van der Waals surface area contributed by atoms with Gasteiger partial charge in [0.05, 0.1) is 0 Å². The molecule has 1 aliphatic rings. The number of rotatable bonds is 4. The number of benzene rings is 1. The first-order valence-corrected chi connectivity index (χ1v) is 6.83. The summed E-state index contributed by atoms with van der Waals surface area (Å²) in [6, 6.07) is 3.97. The van der Waals surface area contributed by atoms with Gasteiger partial charge in [-0.05, 0) is 51.6 Å². The Bertz CT molecular complexity index is 492. The average Bonchev–Trinajstić information content (AvgIpc) is 2.30. The van der Waals surface area contributed by atoms with Crippen LogP contribution in [0.25, 0.3) is 0 Å². The minimum absolute atomic E-state index is 0.0588. The Morgan fingerprint density at radius 2 is 1.95 bits per heavy atom. The second kappa shape index (κ2) is 5.40. The molecule has 1 aromatic rings. The van der Waals surface area contributed by atoms with Gasteiger partial charge in [0.2, 0.25) is 0 Å². The number of nitrogens with two attached hydrogens (primary N) is 1. The van der Waals surface area contributed by atoms with Crippen LogP contribution in [0.3, 0.4) is 0 Å². The van der Waals surface area contributed by atoms with Gasteiger partial charge in [-0.1, -0.05) is 0 Å². The number of hydrogen-bond acceptors (Lipinski definition) is 3. The third kappa shape index (κ3) is 2.77. The Hall–Kier alpha value is -1.62. The molecule has 0 unspecified atom stereocenters. The van der Waals surface area contributed by atoms with Crippen LogP contribution in [0.1, 0.15) is 29.6 Å². The molecule has 0 aliphatic heterocycles. The molecule has 1 aliphatic carbocycles. The lowest BCUT2D eigenvalue weighted by molar-refractivity contribution is 0.0252. The molecular weight excluding hydrogens is 257 g/mol. The Balaban J connectivity index is 2.12. The van der Waals surface area contributed by atoms with E-state index in [2.05, 4.69) is 4.90 Å². The largest absolute Gasteiger partial charge is 0.399 e. The lowest BCUT2D eigenvalue weighted by Gasteiger charge is -2.49. The zero-order valence-corrected chi connectivity index (χ0v) is 12.3. The number of nitrogen functional groups attached to an aromatic ring is 1. The molecule has 110 valence electrons. The quantitative estimate of drug-likeness (QED) is 0.857. The van der Waals surface area contributed by atoms with Crippen molar-refractivity contribution in [2.24, 2.45) is 0 Å². The second-order valence-corrected chi connectivity index (χ2v) is 5.91. The van der Waals surface area contributed by atoms with Crippen LogP contribution in [0.4, 0.5) is 10.1 Å². The highest BCUT2D eigenvalue weighted by molar-refractivity contribution is 5.95. The first kappa shape index (κ1) is 14.8. The predicted octanol–water partition coefficient (Wildman–Crippen LogP) is 1.96. The maximum atomic E-state index is 13.3. The fourth-order valence-corrected chi connectivity index (χ4v) is 2.80. The minimum atomic E-state index is -0.479. The van der Waals surface area contributed by atoms with Gasteiger partial charge in [-0.15, -0.1) is 0 Å². The summed E-state index contributed by atoms with van der Waals surface area (Å²) in [4.78, 5) is 16.2. The third-order valence-electron chi connectivity index (χ3n) is 4.28. The van der Waals surface area contributed by atoms with E-state index in [1.165, 1.54) is 24.6 Å². The third-order valence-corrected chi connectivity index (χ3v) is 4.28. The van der Waals surface area contributed by atoms with E-state index in [1.54, 1.807) is 11.9 Å². The van der Waals surface area contributed by atoms with Crippen LogP contribution in [-0.4, -0.2) is 48.9 Å². The van der Waals surface area contributed by atoms with Crippen molar-refractivity contribution in [3.63, 3.8) is 0 Å². The van der Waals surface area contributed by atoms with Crippen molar-refractivity contribution in [1.29, 1.82) is 0 Å². The average molecular weight is 279 g/mol. The summed E-state index contributed by atoms with van der Waals surface area (Å²) in [5, 5.41) is 0. The smallest absolute Gasteiger partial charge is 0.253 e. The number of carbonyl (C=O) groups excluding carboxylic acids is 1. The number of amides is 1. The topological polar surface area (TPSA) is 49.6 Å². The summed E-state index contributed by atoms with van der Waals surface area (Å²) in [5.74, 6) is -0.669. The summed E-state index contributed by atoms with van der Waals surface area (Å²) >= 11 is 0.